The van der Waals surface area contributed by atoms with Crippen molar-refractivity contribution in [2.75, 3.05) is 20.2 Å². The highest BCUT2D eigenvalue weighted by Gasteiger charge is 2.41. The highest BCUT2D eigenvalue weighted by molar-refractivity contribution is 5.91. The van der Waals surface area contributed by atoms with Gasteiger partial charge < -0.3 is 40.2 Å². The smallest absolute Gasteiger partial charge is 0.407 e. The first-order chi connectivity index (χ1) is 28.2. The number of H-pyrrole nitrogens is 2. The van der Waals surface area contributed by atoms with E-state index >= 15 is 0 Å². The number of hydrogen-bond donors (Lipinski definition) is 5. The van der Waals surface area contributed by atoms with Crippen molar-refractivity contribution in [1.29, 1.82) is 0 Å². The summed E-state index contributed by atoms with van der Waals surface area (Å²) in [7, 11) is 1.29. The fraction of sp³-hybridized carbons (Fsp3) is 0.422. The van der Waals surface area contributed by atoms with E-state index in [2.05, 4.69) is 83.0 Å². The number of aromatic amines is 2. The van der Waals surface area contributed by atoms with Gasteiger partial charge in [0.25, 0.3) is 0 Å². The fourth-order valence-corrected chi connectivity index (χ4v) is 8.53. The van der Waals surface area contributed by atoms with Crippen LogP contribution in [0.5, 0.6) is 0 Å². The first-order valence-electron chi connectivity index (χ1n) is 20.4. The molecule has 0 spiro atoms. The predicted molar refractivity (Wildman–Crippen MR) is 225 cm³/mol. The van der Waals surface area contributed by atoms with E-state index in [0.29, 0.717) is 18.9 Å². The third-order valence-corrected chi connectivity index (χ3v) is 11.7. The molecule has 4 heterocycles. The summed E-state index contributed by atoms with van der Waals surface area (Å²) in [6, 6.07) is 18.9. The second kappa shape index (κ2) is 17.0. The molecule has 2 unspecified atom stereocenters. The Labute approximate surface area is 344 Å². The van der Waals surface area contributed by atoms with Crippen LogP contribution >= 0.6 is 0 Å². The van der Waals surface area contributed by atoms with Gasteiger partial charge in [0.1, 0.15) is 23.7 Å². The maximum atomic E-state index is 13.7. The van der Waals surface area contributed by atoms with Gasteiger partial charge in [-0.25, -0.2) is 19.6 Å². The number of imidazole rings is 2. The van der Waals surface area contributed by atoms with Crippen LogP contribution in [0.1, 0.15) is 78.1 Å². The average molecular weight is 803 g/mol. The molecule has 2 saturated heterocycles. The fourth-order valence-electron chi connectivity index (χ4n) is 8.53. The van der Waals surface area contributed by atoms with Gasteiger partial charge in [-0.1, -0.05) is 90.1 Å². The Morgan fingerprint density at radius 1 is 0.678 bits per heavy atom. The quantitative estimate of drug-likeness (QED) is 0.0896. The first-order valence-corrected chi connectivity index (χ1v) is 20.4. The highest BCUT2D eigenvalue weighted by Crippen LogP contribution is 2.38. The van der Waals surface area contributed by atoms with Gasteiger partial charge in [0.05, 0.1) is 30.6 Å². The molecular formula is C45H54N8O6. The van der Waals surface area contributed by atoms with E-state index in [1.807, 2.05) is 57.1 Å². The molecule has 14 heteroatoms. The SMILES string of the molecule is COC(=O)NC(C(=O)N1C[C@H](C)C[C@H]1c1nc(-c2ccc3cc(-c4ccc(-c5c[nH]c([C@@H]6C[C@@H](C)CN6C(=O)C(NC(=O)O)C(C)C)n5)cc4)ccc3c2)c[nH]1)C(C)C. The third kappa shape index (κ3) is 8.67. The van der Waals surface area contributed by atoms with Crippen molar-refractivity contribution in [1.82, 2.24) is 40.4 Å². The van der Waals surface area contributed by atoms with Gasteiger partial charge in [-0.3, -0.25) is 9.59 Å². The summed E-state index contributed by atoms with van der Waals surface area (Å²) in [5.74, 6) is 1.25. The molecule has 2 fully saturated rings. The van der Waals surface area contributed by atoms with Crippen molar-refractivity contribution >= 4 is 34.8 Å². The Balaban J connectivity index is 1.04. The lowest BCUT2D eigenvalue weighted by Gasteiger charge is -2.30. The number of benzene rings is 3. The number of carbonyl (C=O) groups excluding carboxylic acids is 3. The molecule has 14 nitrogen and oxygen atoms in total. The average Bonchev–Trinajstić information content (AvgIpc) is 4.04. The molecule has 2 aliphatic rings. The molecule has 2 aromatic heterocycles. The molecule has 7 rings (SSSR count). The molecule has 0 bridgehead atoms. The number of carboxylic acid groups (broad SMARTS) is 1. The van der Waals surface area contributed by atoms with Crippen LogP contribution in [0.25, 0.3) is 44.4 Å². The maximum Gasteiger partial charge on any atom is 0.407 e. The van der Waals surface area contributed by atoms with Crippen LogP contribution in [0, 0.1) is 23.7 Å². The third-order valence-electron chi connectivity index (χ3n) is 11.7. The largest absolute Gasteiger partial charge is 0.465 e. The zero-order valence-corrected chi connectivity index (χ0v) is 34.7. The molecule has 2 aliphatic heterocycles. The zero-order chi connectivity index (χ0) is 42.1. The van der Waals surface area contributed by atoms with E-state index in [-0.39, 0.29) is 47.6 Å². The molecule has 6 atom stereocenters. The maximum absolute atomic E-state index is 13.7. The minimum atomic E-state index is -1.21. The molecular weight excluding hydrogens is 749 g/mol. The number of rotatable bonds is 11. The van der Waals surface area contributed by atoms with E-state index in [0.717, 1.165) is 63.1 Å². The lowest BCUT2D eigenvalue weighted by molar-refractivity contribution is -0.136. The number of nitrogens with one attached hydrogen (secondary N) is 4. The summed E-state index contributed by atoms with van der Waals surface area (Å²) in [6.07, 6.45) is 3.41. The zero-order valence-electron chi connectivity index (χ0n) is 34.7. The summed E-state index contributed by atoms with van der Waals surface area (Å²) >= 11 is 0. The van der Waals surface area contributed by atoms with Crippen LogP contribution in [0.4, 0.5) is 9.59 Å². The number of methoxy groups -OCH3 is 1. The Hall–Kier alpha value is -6.18. The van der Waals surface area contributed by atoms with E-state index in [1.54, 1.807) is 4.90 Å². The van der Waals surface area contributed by atoms with Crippen molar-refractivity contribution in [3.05, 3.63) is 84.7 Å². The minimum Gasteiger partial charge on any atom is -0.465 e. The molecule has 59 heavy (non-hydrogen) atoms. The van der Waals surface area contributed by atoms with Crippen LogP contribution in [-0.4, -0.2) is 91.1 Å². The van der Waals surface area contributed by atoms with Gasteiger partial charge in [-0.15, -0.1) is 0 Å². The minimum absolute atomic E-state index is 0.117. The topological polar surface area (TPSA) is 186 Å². The van der Waals surface area contributed by atoms with Gasteiger partial charge in [-0.05, 0) is 70.5 Å². The van der Waals surface area contributed by atoms with Crippen molar-refractivity contribution in [2.24, 2.45) is 23.7 Å². The van der Waals surface area contributed by atoms with Crippen molar-refractivity contribution in [3.63, 3.8) is 0 Å². The van der Waals surface area contributed by atoms with E-state index in [1.165, 1.54) is 7.11 Å². The van der Waals surface area contributed by atoms with E-state index in [4.69, 9.17) is 14.7 Å². The van der Waals surface area contributed by atoms with Crippen LogP contribution < -0.4 is 10.6 Å². The van der Waals surface area contributed by atoms with Gasteiger partial charge in [0, 0.05) is 36.6 Å². The van der Waals surface area contributed by atoms with Crippen molar-refractivity contribution in [2.45, 2.75) is 78.6 Å². The number of hydrogen-bond acceptors (Lipinski definition) is 7. The van der Waals surface area contributed by atoms with Crippen LogP contribution in [-0.2, 0) is 14.3 Å². The molecule has 3 aromatic carbocycles. The first kappa shape index (κ1) is 41.0. The molecule has 0 saturated carbocycles. The number of fused-ring (bicyclic) bond motifs is 1. The Bertz CT molecular complexity index is 2330. The van der Waals surface area contributed by atoms with Crippen LogP contribution in [0.2, 0.25) is 0 Å². The Morgan fingerprint density at radius 2 is 1.12 bits per heavy atom. The normalized spacial score (nSPS) is 20.3. The summed E-state index contributed by atoms with van der Waals surface area (Å²) in [5, 5.41) is 16.6. The molecule has 5 N–H and O–H groups in total. The van der Waals surface area contributed by atoms with Gasteiger partial charge in [-0.2, -0.15) is 0 Å². The molecule has 0 radical (unpaired) electrons. The highest BCUT2D eigenvalue weighted by atomic mass is 16.5. The second-order valence-corrected chi connectivity index (χ2v) is 16.9. The lowest BCUT2D eigenvalue weighted by Crippen LogP contribution is -2.51. The summed E-state index contributed by atoms with van der Waals surface area (Å²) in [4.78, 5) is 70.8. The predicted octanol–water partition coefficient (Wildman–Crippen LogP) is 7.78. The van der Waals surface area contributed by atoms with E-state index < -0.39 is 24.3 Å². The second-order valence-electron chi connectivity index (χ2n) is 16.9. The molecule has 310 valence electrons. The van der Waals surface area contributed by atoms with Crippen molar-refractivity contribution in [3.8, 4) is 33.6 Å². The lowest BCUT2D eigenvalue weighted by atomic mass is 9.98. The number of aromatic nitrogens is 4. The monoisotopic (exact) mass is 802 g/mol. The van der Waals surface area contributed by atoms with Gasteiger partial charge in [0.15, 0.2) is 0 Å². The molecule has 0 aliphatic carbocycles. The number of ether oxygens (including phenoxy) is 1. The van der Waals surface area contributed by atoms with Crippen LogP contribution in [0.15, 0.2) is 73.1 Å². The Kier molecular flexibility index (Phi) is 11.8. The standard InChI is InChI=1S/C45H54N8O6/c1-24(2)38(50-44(56)57)42(54)52-22-26(5)16-36(52)40-46-20-34(48-40)29-10-8-28(9-11-29)30-12-13-32-19-33(15-14-31(32)18-30)35-21-47-41(49-35)37-17-27(6)23-53(37)43(55)39(25(3)4)51-45(58)59-7/h8-15,18-21,24-27,36-39,50H,16-17,22-23H2,1-7H3,(H,46,48)(H,47,49)(H,51,58)(H,56,57)/t26-,27-,36+,37+,38?,39?/m1/s1. The van der Waals surface area contributed by atoms with E-state index in [9.17, 15) is 24.3 Å². The summed E-state index contributed by atoms with van der Waals surface area (Å²) in [6.45, 7) is 12.8. The number of likely N-dealkylation sites (tertiary alicyclic amines) is 2. The number of nitrogens with zero attached hydrogens (tertiary/aromatic N) is 4. The number of carbonyl (C=O) groups is 4. The van der Waals surface area contributed by atoms with Crippen molar-refractivity contribution < 1.29 is 29.0 Å². The molecule has 4 amide bonds. The van der Waals surface area contributed by atoms with Gasteiger partial charge >= 0.3 is 12.2 Å². The number of amides is 4. The molecule has 5 aromatic rings. The van der Waals surface area contributed by atoms with Gasteiger partial charge in [0.2, 0.25) is 11.8 Å². The Morgan fingerprint density at radius 3 is 1.61 bits per heavy atom. The summed E-state index contributed by atoms with van der Waals surface area (Å²) in [5.41, 5.74) is 5.60. The number of alkyl carbamates (subject to hydrolysis) is 1. The summed E-state index contributed by atoms with van der Waals surface area (Å²) < 4.78 is 4.78. The van der Waals surface area contributed by atoms with Crippen LogP contribution in [0.3, 0.4) is 0 Å².